The van der Waals surface area contributed by atoms with Crippen LogP contribution in [0, 0.1) is 0 Å². The summed E-state index contributed by atoms with van der Waals surface area (Å²) in [6.07, 6.45) is 4.37. The Kier molecular flexibility index (Phi) is 4.92. The number of piperidine rings is 1. The fourth-order valence-corrected chi connectivity index (χ4v) is 4.62. The fourth-order valence-electron chi connectivity index (χ4n) is 4.62. The average Bonchev–Trinajstić information content (AvgIpc) is 3.43. The third-order valence-electron chi connectivity index (χ3n) is 6.77. The molecule has 164 valence electrons. The first-order chi connectivity index (χ1) is 15.0. The number of nitrogens with one attached hydrogen (secondary N) is 2. The zero-order valence-corrected chi connectivity index (χ0v) is 18.3. The normalized spacial score (nSPS) is 17.9. The maximum absolute atomic E-state index is 13.3. The number of likely N-dealkylation sites (tertiary alicyclic amines) is 1. The van der Waals surface area contributed by atoms with Crippen LogP contribution in [-0.2, 0) is 5.54 Å². The molecule has 4 heterocycles. The Morgan fingerprint density at radius 2 is 1.90 bits per heavy atom. The Hall–Kier alpha value is -2.94. The monoisotopic (exact) mass is 425 g/mol. The number of aromatic amines is 1. The van der Waals surface area contributed by atoms with E-state index < -0.39 is 0 Å². The predicted molar refractivity (Wildman–Crippen MR) is 115 cm³/mol. The Balaban J connectivity index is 1.68. The molecule has 1 atom stereocenters. The molecule has 0 radical (unpaired) electrons. The molecule has 0 aliphatic carbocycles. The quantitative estimate of drug-likeness (QED) is 0.644. The van der Waals surface area contributed by atoms with Gasteiger partial charge in [-0.1, -0.05) is 6.92 Å². The molecule has 9 nitrogen and oxygen atoms in total. The second-order valence-corrected chi connectivity index (χ2v) is 9.11. The van der Waals surface area contributed by atoms with Gasteiger partial charge in [0.2, 0.25) is 12.6 Å². The summed E-state index contributed by atoms with van der Waals surface area (Å²) < 4.78 is 12.9. The maximum atomic E-state index is 13.3. The summed E-state index contributed by atoms with van der Waals surface area (Å²) in [7, 11) is 0. The van der Waals surface area contributed by atoms with Gasteiger partial charge in [-0.25, -0.2) is 4.68 Å². The summed E-state index contributed by atoms with van der Waals surface area (Å²) in [5.74, 6) is 2.10. The van der Waals surface area contributed by atoms with E-state index >= 15 is 0 Å². The van der Waals surface area contributed by atoms with Crippen molar-refractivity contribution in [3.63, 3.8) is 0 Å². The second-order valence-electron chi connectivity index (χ2n) is 9.11. The van der Waals surface area contributed by atoms with Gasteiger partial charge in [-0.2, -0.15) is 0 Å². The van der Waals surface area contributed by atoms with E-state index in [1.54, 1.807) is 0 Å². The van der Waals surface area contributed by atoms with Gasteiger partial charge in [0.1, 0.15) is 0 Å². The van der Waals surface area contributed by atoms with Crippen molar-refractivity contribution < 1.29 is 14.4 Å². The van der Waals surface area contributed by atoms with Crippen molar-refractivity contribution in [3.05, 3.63) is 39.9 Å². The van der Waals surface area contributed by atoms with E-state index in [-0.39, 0.29) is 23.9 Å². The molecule has 2 N–H and O–H groups in total. The smallest absolute Gasteiger partial charge is 0.258 e. The number of benzene rings is 1. The molecule has 0 spiro atoms. The maximum Gasteiger partial charge on any atom is 0.258 e. The summed E-state index contributed by atoms with van der Waals surface area (Å²) in [5.41, 5.74) is 1.06. The second kappa shape index (κ2) is 7.64. The number of pyridine rings is 1. The van der Waals surface area contributed by atoms with Gasteiger partial charge in [-0.3, -0.25) is 4.79 Å². The SMILES string of the molecule is CCC(C)(C)n1nnnc1[C@H](c1cc2cc3c(cc2[nH]c1=O)OCO3)[NH+]1CCCCC1. The molecule has 2 aliphatic heterocycles. The number of quaternary nitrogens is 1. The number of fused-ring (bicyclic) bond motifs is 2. The van der Waals surface area contributed by atoms with Crippen molar-refractivity contribution >= 4 is 10.9 Å². The van der Waals surface area contributed by atoms with Crippen LogP contribution in [0.15, 0.2) is 23.0 Å². The number of rotatable bonds is 5. The Morgan fingerprint density at radius 1 is 1.16 bits per heavy atom. The zero-order chi connectivity index (χ0) is 21.6. The number of ether oxygens (including phenoxy) is 2. The number of H-pyrrole nitrogens is 1. The van der Waals surface area contributed by atoms with Crippen molar-refractivity contribution in [3.8, 4) is 11.5 Å². The first-order valence-corrected chi connectivity index (χ1v) is 11.1. The molecule has 31 heavy (non-hydrogen) atoms. The number of nitrogens with zero attached hydrogens (tertiary/aromatic N) is 4. The third kappa shape index (κ3) is 3.46. The van der Waals surface area contributed by atoms with Crippen LogP contribution in [-0.4, -0.2) is 45.1 Å². The van der Waals surface area contributed by atoms with Gasteiger partial charge >= 0.3 is 0 Å². The van der Waals surface area contributed by atoms with Crippen molar-refractivity contribution in [2.45, 2.75) is 58.0 Å². The molecule has 0 amide bonds. The zero-order valence-electron chi connectivity index (χ0n) is 18.3. The lowest BCUT2D eigenvalue weighted by atomic mass is 9.98. The van der Waals surface area contributed by atoms with E-state index in [4.69, 9.17) is 9.47 Å². The molecule has 0 bridgehead atoms. The molecule has 2 aliphatic rings. The molecule has 0 saturated carbocycles. The number of hydrogen-bond donors (Lipinski definition) is 2. The van der Waals surface area contributed by atoms with Crippen LogP contribution in [0.3, 0.4) is 0 Å². The fraction of sp³-hybridized carbons (Fsp3) is 0.545. The Bertz CT molecular complexity index is 1160. The van der Waals surface area contributed by atoms with E-state index in [1.165, 1.54) is 11.3 Å². The summed E-state index contributed by atoms with van der Waals surface area (Å²) in [4.78, 5) is 17.7. The molecule has 1 aromatic carbocycles. The molecule has 2 aromatic heterocycles. The minimum atomic E-state index is -0.248. The van der Waals surface area contributed by atoms with E-state index in [0.29, 0.717) is 17.1 Å². The third-order valence-corrected chi connectivity index (χ3v) is 6.77. The van der Waals surface area contributed by atoms with Gasteiger partial charge in [0, 0.05) is 11.5 Å². The van der Waals surface area contributed by atoms with Gasteiger partial charge in [0.25, 0.3) is 5.56 Å². The van der Waals surface area contributed by atoms with Gasteiger partial charge in [-0.05, 0) is 62.1 Å². The van der Waals surface area contributed by atoms with Crippen LogP contribution >= 0.6 is 0 Å². The van der Waals surface area contributed by atoms with E-state index in [1.807, 2.05) is 22.9 Å². The van der Waals surface area contributed by atoms with Gasteiger partial charge < -0.3 is 19.4 Å². The molecule has 5 rings (SSSR count). The minimum Gasteiger partial charge on any atom is -0.454 e. The largest absolute Gasteiger partial charge is 0.454 e. The molecule has 1 fully saturated rings. The predicted octanol–water partition coefficient (Wildman–Crippen LogP) is 1.55. The van der Waals surface area contributed by atoms with Crippen molar-refractivity contribution in [2.24, 2.45) is 0 Å². The highest BCUT2D eigenvalue weighted by molar-refractivity contribution is 5.83. The topological polar surface area (TPSA) is 99.4 Å². The lowest BCUT2D eigenvalue weighted by molar-refractivity contribution is -0.931. The summed E-state index contributed by atoms with van der Waals surface area (Å²) in [6.45, 7) is 8.55. The highest BCUT2D eigenvalue weighted by Crippen LogP contribution is 2.35. The minimum absolute atomic E-state index is 0.113. The lowest BCUT2D eigenvalue weighted by Crippen LogP contribution is -3.13. The Labute approximate surface area is 180 Å². The molecular weight excluding hydrogens is 396 g/mol. The average molecular weight is 426 g/mol. The first-order valence-electron chi connectivity index (χ1n) is 11.1. The molecular formula is C22H29N6O3+. The number of hydrogen-bond acceptors (Lipinski definition) is 6. The van der Waals surface area contributed by atoms with Gasteiger partial charge in [0.05, 0.1) is 29.7 Å². The lowest BCUT2D eigenvalue weighted by Gasteiger charge is -2.33. The van der Waals surface area contributed by atoms with E-state index in [9.17, 15) is 4.79 Å². The molecule has 0 unspecified atom stereocenters. The highest BCUT2D eigenvalue weighted by atomic mass is 16.7. The van der Waals surface area contributed by atoms with Crippen LogP contribution in [0.2, 0.25) is 0 Å². The highest BCUT2D eigenvalue weighted by Gasteiger charge is 2.37. The van der Waals surface area contributed by atoms with Crippen molar-refractivity contribution in [1.29, 1.82) is 0 Å². The molecule has 9 heteroatoms. The molecule has 1 saturated heterocycles. The summed E-state index contributed by atoms with van der Waals surface area (Å²) >= 11 is 0. The standard InChI is InChI=1S/C22H28N6O3/c1-4-22(2,3)28-20(24-25-26-28)19(27-8-6-5-7-9-27)15-10-14-11-17-18(31-13-30-17)12-16(14)23-21(15)29/h10-12,19H,4-9,13H2,1-3H3,(H,23,29)/p+1/t19-/m0/s1. The first kappa shape index (κ1) is 20.0. The van der Waals surface area contributed by atoms with Crippen molar-refractivity contribution in [2.75, 3.05) is 19.9 Å². The molecule has 3 aromatic rings. The number of tetrazole rings is 1. The van der Waals surface area contributed by atoms with Crippen LogP contribution in [0.25, 0.3) is 10.9 Å². The van der Waals surface area contributed by atoms with E-state index in [2.05, 4.69) is 41.3 Å². The Morgan fingerprint density at radius 3 is 2.65 bits per heavy atom. The van der Waals surface area contributed by atoms with Gasteiger partial charge in [0.15, 0.2) is 17.5 Å². The summed E-state index contributed by atoms with van der Waals surface area (Å²) in [5, 5.41) is 13.7. The van der Waals surface area contributed by atoms with Crippen LogP contribution in [0.1, 0.15) is 63.9 Å². The van der Waals surface area contributed by atoms with Crippen LogP contribution in [0.5, 0.6) is 11.5 Å². The van der Waals surface area contributed by atoms with E-state index in [0.717, 1.165) is 49.1 Å². The number of aromatic nitrogens is 5. The van der Waals surface area contributed by atoms with Crippen molar-refractivity contribution in [1.82, 2.24) is 25.2 Å². The van der Waals surface area contributed by atoms with Gasteiger partial charge in [-0.15, -0.1) is 5.10 Å². The summed E-state index contributed by atoms with van der Waals surface area (Å²) in [6, 6.07) is 5.49. The van der Waals surface area contributed by atoms with Crippen LogP contribution < -0.4 is 19.9 Å². The van der Waals surface area contributed by atoms with Crippen LogP contribution in [0.4, 0.5) is 0 Å².